The van der Waals surface area contributed by atoms with Gasteiger partial charge in [-0.15, -0.1) is 0 Å². The average Bonchev–Trinajstić information content (AvgIpc) is 3.00. The molecule has 0 amide bonds. The number of aromatic nitrogens is 2. The molecule has 23 heavy (non-hydrogen) atoms. The lowest BCUT2D eigenvalue weighted by Crippen LogP contribution is -2.46. The first-order chi connectivity index (χ1) is 11.1. The first-order valence-corrected chi connectivity index (χ1v) is 8.04. The average molecular weight is 319 g/mol. The van der Waals surface area contributed by atoms with Gasteiger partial charge in [0.15, 0.2) is 0 Å². The Morgan fingerprint density at radius 1 is 1.39 bits per heavy atom. The van der Waals surface area contributed by atoms with Crippen LogP contribution in [-0.4, -0.2) is 38.8 Å². The number of likely N-dealkylation sites (tertiary alicyclic amines) is 1. The molecule has 124 valence electrons. The summed E-state index contributed by atoms with van der Waals surface area (Å²) in [5, 5.41) is 13.5. The number of piperidine rings is 1. The van der Waals surface area contributed by atoms with Crippen LogP contribution in [0.25, 0.3) is 11.4 Å². The van der Waals surface area contributed by atoms with Crippen LogP contribution in [0.15, 0.2) is 22.7 Å². The maximum Gasteiger partial charge on any atom is 0.241 e. The van der Waals surface area contributed by atoms with Crippen molar-refractivity contribution in [2.45, 2.75) is 51.7 Å². The number of aryl methyl sites for hydroxylation is 1. The molecule has 2 aromatic rings. The second-order valence-corrected chi connectivity index (χ2v) is 6.26. The number of hydrogen-bond donors (Lipinski definition) is 1. The third-order valence-corrected chi connectivity index (χ3v) is 4.62. The molecular formula is C17H22FN3O2. The predicted octanol–water partition coefficient (Wildman–Crippen LogP) is 2.92. The predicted molar refractivity (Wildman–Crippen MR) is 84.2 cm³/mol. The lowest BCUT2D eigenvalue weighted by molar-refractivity contribution is 0.0370. The van der Waals surface area contributed by atoms with Crippen LogP contribution >= 0.6 is 0 Å². The van der Waals surface area contributed by atoms with E-state index < -0.39 is 0 Å². The highest BCUT2D eigenvalue weighted by atomic mass is 19.1. The molecule has 1 fully saturated rings. The summed E-state index contributed by atoms with van der Waals surface area (Å²) in [6.07, 6.45) is 3.20. The van der Waals surface area contributed by atoms with Gasteiger partial charge in [-0.2, -0.15) is 4.98 Å². The second-order valence-electron chi connectivity index (χ2n) is 6.26. The molecule has 0 spiro atoms. The Labute approximate surface area is 135 Å². The van der Waals surface area contributed by atoms with Crippen molar-refractivity contribution in [2.75, 3.05) is 6.61 Å². The molecule has 5 nitrogen and oxygen atoms in total. The van der Waals surface area contributed by atoms with Crippen LogP contribution < -0.4 is 0 Å². The van der Waals surface area contributed by atoms with Crippen LogP contribution in [0.4, 0.5) is 4.39 Å². The summed E-state index contributed by atoms with van der Waals surface area (Å²) in [5.74, 6) is 0.608. The minimum Gasteiger partial charge on any atom is -0.395 e. The molecule has 0 saturated carbocycles. The van der Waals surface area contributed by atoms with Crippen molar-refractivity contribution in [3.63, 3.8) is 0 Å². The molecule has 2 unspecified atom stereocenters. The van der Waals surface area contributed by atoms with E-state index in [4.69, 9.17) is 4.52 Å². The molecule has 1 N–H and O–H groups in total. The summed E-state index contributed by atoms with van der Waals surface area (Å²) in [6.45, 7) is 4.50. The van der Waals surface area contributed by atoms with Gasteiger partial charge in [-0.25, -0.2) is 4.39 Å². The van der Waals surface area contributed by atoms with Gasteiger partial charge in [-0.1, -0.05) is 23.7 Å². The van der Waals surface area contributed by atoms with E-state index in [-0.39, 0.29) is 18.5 Å². The fourth-order valence-electron chi connectivity index (χ4n) is 3.15. The largest absolute Gasteiger partial charge is 0.395 e. The third kappa shape index (κ3) is 3.43. The zero-order chi connectivity index (χ0) is 16.4. The van der Waals surface area contributed by atoms with Gasteiger partial charge in [0.2, 0.25) is 11.7 Å². The summed E-state index contributed by atoms with van der Waals surface area (Å²) in [4.78, 5) is 6.59. The number of nitrogens with zero attached hydrogens (tertiary/aromatic N) is 3. The van der Waals surface area contributed by atoms with Crippen LogP contribution in [0.1, 0.15) is 37.6 Å². The Morgan fingerprint density at radius 2 is 2.22 bits per heavy atom. The summed E-state index contributed by atoms with van der Waals surface area (Å²) >= 11 is 0. The van der Waals surface area contributed by atoms with Crippen LogP contribution in [0, 0.1) is 12.7 Å². The van der Waals surface area contributed by atoms with E-state index >= 15 is 0 Å². The number of halogens is 1. The molecule has 0 radical (unpaired) electrons. The molecule has 1 aromatic carbocycles. The number of aliphatic hydroxyl groups excluding tert-OH is 1. The van der Waals surface area contributed by atoms with Crippen LogP contribution in [0.2, 0.25) is 0 Å². The highest BCUT2D eigenvalue weighted by Gasteiger charge is 2.28. The molecule has 6 heteroatoms. The molecule has 1 aromatic heterocycles. The molecule has 1 aliphatic heterocycles. The van der Waals surface area contributed by atoms with Crippen molar-refractivity contribution >= 4 is 0 Å². The molecule has 2 heterocycles. The van der Waals surface area contributed by atoms with Crippen molar-refractivity contribution in [3.05, 3.63) is 35.5 Å². The number of aliphatic hydroxyl groups is 1. The summed E-state index contributed by atoms with van der Waals surface area (Å²) in [6, 6.07) is 5.41. The molecule has 1 saturated heterocycles. The Balaban J connectivity index is 1.77. The van der Waals surface area contributed by atoms with E-state index in [2.05, 4.69) is 22.0 Å². The quantitative estimate of drug-likeness (QED) is 0.939. The molecule has 3 rings (SSSR count). The van der Waals surface area contributed by atoms with Gasteiger partial charge in [-0.05, 0) is 38.3 Å². The van der Waals surface area contributed by atoms with Crippen molar-refractivity contribution in [2.24, 2.45) is 0 Å². The van der Waals surface area contributed by atoms with Gasteiger partial charge in [-0.3, -0.25) is 4.90 Å². The van der Waals surface area contributed by atoms with Gasteiger partial charge in [0.05, 0.1) is 13.2 Å². The monoisotopic (exact) mass is 319 g/mol. The van der Waals surface area contributed by atoms with Crippen molar-refractivity contribution in [1.29, 1.82) is 0 Å². The minimum atomic E-state index is -0.279. The lowest BCUT2D eigenvalue weighted by atomic mass is 9.97. The van der Waals surface area contributed by atoms with Gasteiger partial charge in [0, 0.05) is 17.6 Å². The fourth-order valence-corrected chi connectivity index (χ4v) is 3.15. The summed E-state index contributed by atoms with van der Waals surface area (Å²) < 4.78 is 19.0. The van der Waals surface area contributed by atoms with Crippen LogP contribution in [0.5, 0.6) is 0 Å². The molecule has 0 bridgehead atoms. The van der Waals surface area contributed by atoms with Gasteiger partial charge < -0.3 is 9.63 Å². The summed E-state index contributed by atoms with van der Waals surface area (Å²) in [7, 11) is 0. The van der Waals surface area contributed by atoms with E-state index in [0.717, 1.165) is 19.3 Å². The first kappa shape index (κ1) is 16.1. The normalized spacial score (nSPS) is 22.4. The highest BCUT2D eigenvalue weighted by Crippen LogP contribution is 2.25. The maximum absolute atomic E-state index is 13.7. The smallest absolute Gasteiger partial charge is 0.241 e. The topological polar surface area (TPSA) is 62.4 Å². The van der Waals surface area contributed by atoms with Gasteiger partial charge in [0.25, 0.3) is 0 Å². The molecule has 2 atom stereocenters. The lowest BCUT2D eigenvalue weighted by Gasteiger charge is -2.38. The molecule has 1 aliphatic rings. The standard InChI is InChI=1S/C17H22FN3O2/c1-11-6-7-13(8-15(11)18)17-19-16(23-20-17)9-21-12(2)4-3-5-14(21)10-22/h6-8,12,14,22H,3-5,9-10H2,1-2H3. The summed E-state index contributed by atoms with van der Waals surface area (Å²) in [5.41, 5.74) is 1.19. The van der Waals surface area contributed by atoms with Gasteiger partial charge in [0.1, 0.15) is 5.82 Å². The van der Waals surface area contributed by atoms with E-state index in [0.29, 0.717) is 35.4 Å². The van der Waals surface area contributed by atoms with Crippen molar-refractivity contribution in [1.82, 2.24) is 15.0 Å². The van der Waals surface area contributed by atoms with E-state index in [9.17, 15) is 9.50 Å². The van der Waals surface area contributed by atoms with Crippen molar-refractivity contribution in [3.8, 4) is 11.4 Å². The number of benzene rings is 1. The van der Waals surface area contributed by atoms with E-state index in [1.807, 2.05) is 0 Å². The van der Waals surface area contributed by atoms with E-state index in [1.54, 1.807) is 19.1 Å². The SMILES string of the molecule is Cc1ccc(-c2noc(CN3C(C)CCCC3CO)n2)cc1F. The van der Waals surface area contributed by atoms with Crippen LogP contribution in [0.3, 0.4) is 0 Å². The molecular weight excluding hydrogens is 297 g/mol. The second kappa shape index (κ2) is 6.76. The van der Waals surface area contributed by atoms with E-state index in [1.165, 1.54) is 6.07 Å². The number of hydrogen-bond acceptors (Lipinski definition) is 5. The minimum absolute atomic E-state index is 0.130. The third-order valence-electron chi connectivity index (χ3n) is 4.62. The maximum atomic E-state index is 13.7. The molecule has 0 aliphatic carbocycles. The Hall–Kier alpha value is -1.79. The van der Waals surface area contributed by atoms with Crippen molar-refractivity contribution < 1.29 is 14.0 Å². The Kier molecular flexibility index (Phi) is 4.73. The highest BCUT2D eigenvalue weighted by molar-refractivity contribution is 5.54. The Morgan fingerprint density at radius 3 is 2.96 bits per heavy atom. The zero-order valence-electron chi connectivity index (χ0n) is 13.5. The van der Waals surface area contributed by atoms with Gasteiger partial charge >= 0.3 is 0 Å². The van der Waals surface area contributed by atoms with Crippen LogP contribution in [-0.2, 0) is 6.54 Å². The number of rotatable bonds is 4. The first-order valence-electron chi connectivity index (χ1n) is 8.04. The fraction of sp³-hybridized carbons (Fsp3) is 0.529. The Bertz CT molecular complexity index is 674. The zero-order valence-corrected chi connectivity index (χ0v) is 13.5.